The highest BCUT2D eigenvalue weighted by Crippen LogP contribution is 2.31. The molecule has 1 aromatic heterocycles. The Labute approximate surface area is 118 Å². The van der Waals surface area contributed by atoms with E-state index in [0.29, 0.717) is 18.7 Å². The van der Waals surface area contributed by atoms with E-state index in [-0.39, 0.29) is 5.91 Å². The summed E-state index contributed by atoms with van der Waals surface area (Å²) in [5.41, 5.74) is 1.85. The number of anilines is 1. The van der Waals surface area contributed by atoms with Gasteiger partial charge in [0.05, 0.1) is 11.8 Å². The van der Waals surface area contributed by atoms with E-state index in [0.717, 1.165) is 24.1 Å². The second-order valence-electron chi connectivity index (χ2n) is 5.50. The van der Waals surface area contributed by atoms with E-state index in [4.69, 9.17) is 0 Å². The van der Waals surface area contributed by atoms with Gasteiger partial charge in [-0.3, -0.25) is 9.59 Å². The molecule has 0 saturated heterocycles. The average Bonchev–Trinajstić information content (AvgIpc) is 2.37. The second-order valence-corrected chi connectivity index (χ2v) is 5.50. The molecule has 2 rings (SSSR count). The number of aromatic nitrogens is 1. The fraction of sp³-hybridized carbons (Fsp3) is 0.533. The number of hydrogen-bond donors (Lipinski definition) is 2. The molecule has 0 spiro atoms. The molecule has 0 unspecified atom stereocenters. The number of nitrogens with one attached hydrogen (secondary N) is 1. The number of aliphatic carboxylic acids is 1. The highest BCUT2D eigenvalue weighted by molar-refractivity contribution is 5.94. The predicted octanol–water partition coefficient (Wildman–Crippen LogP) is 2.53. The van der Waals surface area contributed by atoms with Crippen LogP contribution in [0.1, 0.15) is 36.9 Å². The molecule has 1 aliphatic rings. The van der Waals surface area contributed by atoms with Crippen molar-refractivity contribution >= 4 is 17.7 Å². The van der Waals surface area contributed by atoms with Crippen molar-refractivity contribution in [3.63, 3.8) is 0 Å². The fourth-order valence-corrected chi connectivity index (χ4v) is 2.86. The van der Waals surface area contributed by atoms with Gasteiger partial charge in [0, 0.05) is 5.69 Å². The molecule has 0 aromatic carbocycles. The van der Waals surface area contributed by atoms with Gasteiger partial charge in [-0.05, 0) is 44.4 Å². The smallest absolute Gasteiger partial charge is 0.307 e. The fourth-order valence-electron chi connectivity index (χ4n) is 2.86. The van der Waals surface area contributed by atoms with Crippen molar-refractivity contribution in [3.05, 3.63) is 23.4 Å². The van der Waals surface area contributed by atoms with Crippen LogP contribution < -0.4 is 5.32 Å². The molecule has 0 radical (unpaired) electrons. The van der Waals surface area contributed by atoms with Gasteiger partial charge >= 0.3 is 5.97 Å². The average molecular weight is 276 g/mol. The molecule has 1 amide bonds. The first kappa shape index (κ1) is 14.5. The Morgan fingerprint density at radius 1 is 1.20 bits per heavy atom. The summed E-state index contributed by atoms with van der Waals surface area (Å²) < 4.78 is 0. The Morgan fingerprint density at radius 2 is 1.85 bits per heavy atom. The highest BCUT2D eigenvalue weighted by Gasteiger charge is 2.35. The van der Waals surface area contributed by atoms with E-state index in [1.807, 2.05) is 19.9 Å². The molecule has 1 fully saturated rings. The lowest BCUT2D eigenvalue weighted by molar-refractivity contribution is -0.147. The molecular formula is C15H20N2O3. The van der Waals surface area contributed by atoms with Gasteiger partial charge in [0.1, 0.15) is 5.82 Å². The van der Waals surface area contributed by atoms with E-state index in [9.17, 15) is 14.7 Å². The molecule has 5 nitrogen and oxygen atoms in total. The number of amides is 1. The van der Waals surface area contributed by atoms with Crippen molar-refractivity contribution in [2.45, 2.75) is 39.5 Å². The quantitative estimate of drug-likeness (QED) is 0.889. The Morgan fingerprint density at radius 3 is 2.45 bits per heavy atom. The van der Waals surface area contributed by atoms with Gasteiger partial charge in [-0.1, -0.05) is 12.8 Å². The van der Waals surface area contributed by atoms with Crippen LogP contribution in [0.3, 0.4) is 0 Å². The summed E-state index contributed by atoms with van der Waals surface area (Å²) in [6.45, 7) is 3.80. The maximum absolute atomic E-state index is 12.3. The zero-order chi connectivity index (χ0) is 14.7. The summed E-state index contributed by atoms with van der Waals surface area (Å²) in [5, 5.41) is 12.0. The van der Waals surface area contributed by atoms with Crippen LogP contribution in [-0.2, 0) is 9.59 Å². The third-order valence-corrected chi connectivity index (χ3v) is 3.77. The van der Waals surface area contributed by atoms with Crippen molar-refractivity contribution < 1.29 is 14.7 Å². The lowest BCUT2D eigenvalue weighted by atomic mass is 9.79. The van der Waals surface area contributed by atoms with Crippen molar-refractivity contribution in [1.29, 1.82) is 0 Å². The van der Waals surface area contributed by atoms with Gasteiger partial charge in [0.25, 0.3) is 0 Å². The van der Waals surface area contributed by atoms with Gasteiger partial charge in [-0.15, -0.1) is 0 Å². The lowest BCUT2D eigenvalue weighted by Crippen LogP contribution is -2.36. The second kappa shape index (κ2) is 6.03. The van der Waals surface area contributed by atoms with Crippen LogP contribution in [0, 0.1) is 25.7 Å². The largest absolute Gasteiger partial charge is 0.481 e. The number of carbonyl (C=O) groups is 2. The maximum atomic E-state index is 12.3. The Balaban J connectivity index is 2.11. The third kappa shape index (κ3) is 3.35. The Bertz CT molecular complexity index is 508. The number of aryl methyl sites for hydroxylation is 2. The number of rotatable bonds is 3. The topological polar surface area (TPSA) is 79.3 Å². The monoisotopic (exact) mass is 276 g/mol. The van der Waals surface area contributed by atoms with Gasteiger partial charge in [-0.2, -0.15) is 0 Å². The molecule has 1 aliphatic carbocycles. The van der Waals surface area contributed by atoms with Crippen LogP contribution in [0.2, 0.25) is 0 Å². The SMILES string of the molecule is Cc1cc(C)nc(NC(=O)[C@@H]2CCCC[C@@H]2C(=O)O)c1. The minimum atomic E-state index is -0.877. The number of nitrogens with zero attached hydrogens (tertiary/aromatic N) is 1. The maximum Gasteiger partial charge on any atom is 0.307 e. The van der Waals surface area contributed by atoms with Gasteiger partial charge in [0.15, 0.2) is 0 Å². The number of carboxylic acids is 1. The minimum Gasteiger partial charge on any atom is -0.481 e. The number of pyridine rings is 1. The third-order valence-electron chi connectivity index (χ3n) is 3.77. The molecule has 5 heteroatoms. The zero-order valence-electron chi connectivity index (χ0n) is 11.8. The molecule has 2 atom stereocenters. The van der Waals surface area contributed by atoms with E-state index >= 15 is 0 Å². The summed E-state index contributed by atoms with van der Waals surface area (Å²) in [6, 6.07) is 3.72. The van der Waals surface area contributed by atoms with Crippen LogP contribution >= 0.6 is 0 Å². The molecular weight excluding hydrogens is 256 g/mol. The van der Waals surface area contributed by atoms with Crippen molar-refractivity contribution in [1.82, 2.24) is 4.98 Å². The van der Waals surface area contributed by atoms with Gasteiger partial charge in [0.2, 0.25) is 5.91 Å². The Hall–Kier alpha value is -1.91. The van der Waals surface area contributed by atoms with Crippen LogP contribution in [0.5, 0.6) is 0 Å². The Kier molecular flexibility index (Phi) is 4.37. The summed E-state index contributed by atoms with van der Waals surface area (Å²) in [5.74, 6) is -1.63. The summed E-state index contributed by atoms with van der Waals surface area (Å²) in [6.07, 6.45) is 2.99. The molecule has 108 valence electrons. The summed E-state index contributed by atoms with van der Waals surface area (Å²) >= 11 is 0. The molecule has 0 aliphatic heterocycles. The highest BCUT2D eigenvalue weighted by atomic mass is 16.4. The van der Waals surface area contributed by atoms with E-state index in [2.05, 4.69) is 10.3 Å². The van der Waals surface area contributed by atoms with E-state index in [1.54, 1.807) is 6.07 Å². The number of hydrogen-bond acceptors (Lipinski definition) is 3. The van der Waals surface area contributed by atoms with E-state index in [1.165, 1.54) is 0 Å². The van der Waals surface area contributed by atoms with Gasteiger partial charge in [-0.25, -0.2) is 4.98 Å². The molecule has 2 N–H and O–H groups in total. The van der Waals surface area contributed by atoms with E-state index < -0.39 is 17.8 Å². The summed E-state index contributed by atoms with van der Waals surface area (Å²) in [4.78, 5) is 27.8. The first-order valence-corrected chi connectivity index (χ1v) is 6.96. The standard InChI is InChI=1S/C15H20N2O3/c1-9-7-10(2)16-13(8-9)17-14(18)11-5-3-4-6-12(11)15(19)20/h7-8,11-12H,3-6H2,1-2H3,(H,19,20)(H,16,17,18)/t11-,12+/m1/s1. The normalized spacial score (nSPS) is 22.3. The lowest BCUT2D eigenvalue weighted by Gasteiger charge is -2.27. The molecule has 1 heterocycles. The first-order chi connectivity index (χ1) is 9.47. The predicted molar refractivity (Wildman–Crippen MR) is 75.4 cm³/mol. The molecule has 20 heavy (non-hydrogen) atoms. The van der Waals surface area contributed by atoms with Crippen molar-refractivity contribution in [3.8, 4) is 0 Å². The molecule has 1 aromatic rings. The summed E-state index contributed by atoms with van der Waals surface area (Å²) in [7, 11) is 0. The minimum absolute atomic E-state index is 0.227. The van der Waals surface area contributed by atoms with Crippen LogP contribution in [0.4, 0.5) is 5.82 Å². The van der Waals surface area contributed by atoms with Crippen LogP contribution in [0.15, 0.2) is 12.1 Å². The van der Waals surface area contributed by atoms with Crippen LogP contribution in [-0.4, -0.2) is 22.0 Å². The molecule has 0 bridgehead atoms. The van der Waals surface area contributed by atoms with Crippen molar-refractivity contribution in [2.75, 3.05) is 5.32 Å². The number of carboxylic acid groups (broad SMARTS) is 1. The zero-order valence-corrected chi connectivity index (χ0v) is 11.8. The van der Waals surface area contributed by atoms with Crippen LogP contribution in [0.25, 0.3) is 0 Å². The first-order valence-electron chi connectivity index (χ1n) is 6.96. The molecule has 1 saturated carbocycles. The van der Waals surface area contributed by atoms with Gasteiger partial charge < -0.3 is 10.4 Å². The number of carbonyl (C=O) groups excluding carboxylic acids is 1. The van der Waals surface area contributed by atoms with Crippen molar-refractivity contribution in [2.24, 2.45) is 11.8 Å².